The van der Waals surface area contributed by atoms with E-state index in [2.05, 4.69) is 19.0 Å². The molecule has 0 heterocycles. The van der Waals surface area contributed by atoms with Gasteiger partial charge >= 0.3 is 0 Å². The van der Waals surface area contributed by atoms with Crippen molar-refractivity contribution < 1.29 is 10.0 Å². The van der Waals surface area contributed by atoms with Crippen molar-refractivity contribution in [1.82, 2.24) is 4.90 Å². The zero-order valence-electron chi connectivity index (χ0n) is 13.0. The molecule has 0 aromatic heterocycles. The third kappa shape index (κ3) is 5.45. The van der Waals surface area contributed by atoms with Gasteiger partial charge in [0, 0.05) is 19.5 Å². The predicted octanol–water partition coefficient (Wildman–Crippen LogP) is 2.41. The van der Waals surface area contributed by atoms with Crippen LogP contribution in [0.2, 0.25) is 0 Å². The first-order valence-corrected chi connectivity index (χ1v) is 7.25. The van der Waals surface area contributed by atoms with Crippen molar-refractivity contribution in [1.29, 1.82) is 0 Å². The van der Waals surface area contributed by atoms with Gasteiger partial charge in [0.1, 0.15) is 5.84 Å². The van der Waals surface area contributed by atoms with Crippen LogP contribution < -0.4 is 5.73 Å². The van der Waals surface area contributed by atoms with E-state index in [1.807, 2.05) is 37.3 Å². The van der Waals surface area contributed by atoms with E-state index in [-0.39, 0.29) is 17.7 Å². The Bertz CT molecular complexity index is 472. The normalized spacial score (nSPS) is 13.2. The van der Waals surface area contributed by atoms with Gasteiger partial charge in [-0.25, -0.2) is 0 Å². The molecule has 1 atom stereocenters. The summed E-state index contributed by atoms with van der Waals surface area (Å²) in [7, 11) is 0. The summed E-state index contributed by atoms with van der Waals surface area (Å²) in [4.78, 5) is 14.5. The molecule has 1 amide bonds. The number of nitrogens with zero attached hydrogens (tertiary/aromatic N) is 2. The number of oxime groups is 1. The maximum atomic E-state index is 12.7. The number of carbonyl (C=O) groups is 1. The van der Waals surface area contributed by atoms with Gasteiger partial charge in [-0.2, -0.15) is 0 Å². The zero-order chi connectivity index (χ0) is 15.8. The molecule has 0 aliphatic rings. The SMILES string of the molecule is CC(C)CN(CC/C(N)=N/O)C(=O)C(C)c1ccccc1. The summed E-state index contributed by atoms with van der Waals surface area (Å²) in [5.41, 5.74) is 6.50. The lowest BCUT2D eigenvalue weighted by molar-refractivity contribution is -0.132. The number of amides is 1. The van der Waals surface area contributed by atoms with E-state index in [1.165, 1.54) is 0 Å². The highest BCUT2D eigenvalue weighted by Crippen LogP contribution is 2.18. The Kier molecular flexibility index (Phi) is 6.72. The lowest BCUT2D eigenvalue weighted by Crippen LogP contribution is -2.39. The Morgan fingerprint density at radius 3 is 2.43 bits per heavy atom. The van der Waals surface area contributed by atoms with Crippen molar-refractivity contribution in [2.75, 3.05) is 13.1 Å². The molecule has 1 aromatic rings. The van der Waals surface area contributed by atoms with Gasteiger partial charge in [0.15, 0.2) is 0 Å². The van der Waals surface area contributed by atoms with Crippen LogP contribution in [0.4, 0.5) is 0 Å². The molecule has 3 N–H and O–H groups in total. The van der Waals surface area contributed by atoms with Gasteiger partial charge in [0.2, 0.25) is 5.91 Å². The molecule has 0 aliphatic heterocycles. The van der Waals surface area contributed by atoms with Crippen LogP contribution in [-0.4, -0.2) is 34.9 Å². The lowest BCUT2D eigenvalue weighted by atomic mass is 9.99. The minimum atomic E-state index is -0.197. The van der Waals surface area contributed by atoms with E-state index in [0.29, 0.717) is 25.4 Å². The molecule has 0 spiro atoms. The van der Waals surface area contributed by atoms with E-state index in [1.54, 1.807) is 4.90 Å². The predicted molar refractivity (Wildman–Crippen MR) is 84.3 cm³/mol. The molecule has 0 fully saturated rings. The average Bonchev–Trinajstić information content (AvgIpc) is 2.50. The summed E-state index contributed by atoms with van der Waals surface area (Å²) in [5.74, 6) is 0.381. The molecule has 1 rings (SSSR count). The van der Waals surface area contributed by atoms with Crippen LogP contribution in [0.25, 0.3) is 0 Å². The van der Waals surface area contributed by atoms with Crippen molar-refractivity contribution in [3.63, 3.8) is 0 Å². The fourth-order valence-electron chi connectivity index (χ4n) is 2.19. The maximum absolute atomic E-state index is 12.7. The van der Waals surface area contributed by atoms with Crippen LogP contribution in [0.5, 0.6) is 0 Å². The highest BCUT2D eigenvalue weighted by Gasteiger charge is 2.22. The molecular formula is C16H25N3O2. The van der Waals surface area contributed by atoms with Gasteiger partial charge in [0.25, 0.3) is 0 Å². The number of nitrogens with two attached hydrogens (primary N) is 1. The first-order valence-electron chi connectivity index (χ1n) is 7.25. The van der Waals surface area contributed by atoms with Crippen LogP contribution in [0.15, 0.2) is 35.5 Å². The van der Waals surface area contributed by atoms with Gasteiger partial charge in [-0.15, -0.1) is 0 Å². The molecular weight excluding hydrogens is 266 g/mol. The number of hydrogen-bond donors (Lipinski definition) is 2. The molecule has 0 bridgehead atoms. The fourth-order valence-corrected chi connectivity index (χ4v) is 2.19. The van der Waals surface area contributed by atoms with Gasteiger partial charge in [0.05, 0.1) is 5.92 Å². The molecule has 1 aromatic carbocycles. The van der Waals surface area contributed by atoms with Crippen molar-refractivity contribution in [2.45, 2.75) is 33.1 Å². The summed E-state index contributed by atoms with van der Waals surface area (Å²) in [5, 5.41) is 11.6. The largest absolute Gasteiger partial charge is 0.409 e. The van der Waals surface area contributed by atoms with Crippen molar-refractivity contribution in [3.8, 4) is 0 Å². The van der Waals surface area contributed by atoms with E-state index < -0.39 is 0 Å². The molecule has 0 radical (unpaired) electrons. The Labute approximate surface area is 126 Å². The van der Waals surface area contributed by atoms with Gasteiger partial charge in [-0.3, -0.25) is 4.79 Å². The third-order valence-corrected chi connectivity index (χ3v) is 3.33. The Morgan fingerprint density at radius 1 is 1.29 bits per heavy atom. The Balaban J connectivity index is 2.79. The van der Waals surface area contributed by atoms with E-state index in [0.717, 1.165) is 5.56 Å². The standard InChI is InChI=1S/C16H25N3O2/c1-12(2)11-19(10-9-15(17)18-21)16(20)13(3)14-7-5-4-6-8-14/h4-8,12-13,21H,9-11H2,1-3H3,(H2,17,18). The molecule has 1 unspecified atom stereocenters. The number of carbonyl (C=O) groups excluding carboxylic acids is 1. The molecule has 21 heavy (non-hydrogen) atoms. The molecule has 0 saturated heterocycles. The van der Waals surface area contributed by atoms with Crippen molar-refractivity contribution in [2.24, 2.45) is 16.8 Å². The number of hydrogen-bond acceptors (Lipinski definition) is 3. The van der Waals surface area contributed by atoms with Crippen LogP contribution in [-0.2, 0) is 4.79 Å². The third-order valence-electron chi connectivity index (χ3n) is 3.33. The van der Waals surface area contributed by atoms with Crippen molar-refractivity contribution in [3.05, 3.63) is 35.9 Å². The molecule has 5 heteroatoms. The Hall–Kier alpha value is -2.04. The summed E-state index contributed by atoms with van der Waals surface area (Å²) in [6, 6.07) is 9.72. The topological polar surface area (TPSA) is 78.9 Å². The number of rotatable bonds is 7. The molecule has 116 valence electrons. The monoisotopic (exact) mass is 291 g/mol. The van der Waals surface area contributed by atoms with E-state index in [9.17, 15) is 4.79 Å². The van der Waals surface area contributed by atoms with Crippen LogP contribution in [0, 0.1) is 5.92 Å². The summed E-state index contributed by atoms with van der Waals surface area (Å²) >= 11 is 0. The number of benzene rings is 1. The van der Waals surface area contributed by atoms with Crippen LogP contribution in [0.3, 0.4) is 0 Å². The highest BCUT2D eigenvalue weighted by atomic mass is 16.4. The Morgan fingerprint density at radius 2 is 1.90 bits per heavy atom. The minimum absolute atomic E-state index is 0.0700. The van der Waals surface area contributed by atoms with E-state index in [4.69, 9.17) is 10.9 Å². The van der Waals surface area contributed by atoms with Gasteiger partial charge < -0.3 is 15.8 Å². The second-order valence-corrected chi connectivity index (χ2v) is 5.65. The molecule has 0 saturated carbocycles. The molecule has 0 aliphatic carbocycles. The fraction of sp³-hybridized carbons (Fsp3) is 0.500. The summed E-state index contributed by atoms with van der Waals surface area (Å²) in [6.07, 6.45) is 0.371. The summed E-state index contributed by atoms with van der Waals surface area (Å²) in [6.45, 7) is 7.17. The lowest BCUT2D eigenvalue weighted by Gasteiger charge is -2.27. The second kappa shape index (κ2) is 8.29. The number of amidine groups is 1. The second-order valence-electron chi connectivity index (χ2n) is 5.65. The quantitative estimate of drug-likeness (QED) is 0.350. The maximum Gasteiger partial charge on any atom is 0.229 e. The van der Waals surface area contributed by atoms with Crippen molar-refractivity contribution >= 4 is 11.7 Å². The minimum Gasteiger partial charge on any atom is -0.409 e. The first-order chi connectivity index (χ1) is 9.95. The van der Waals surface area contributed by atoms with Crippen LogP contribution >= 0.6 is 0 Å². The zero-order valence-corrected chi connectivity index (χ0v) is 13.0. The van der Waals surface area contributed by atoms with Crippen LogP contribution in [0.1, 0.15) is 38.7 Å². The van der Waals surface area contributed by atoms with Gasteiger partial charge in [-0.1, -0.05) is 49.3 Å². The first kappa shape index (κ1) is 17.0. The molecule has 5 nitrogen and oxygen atoms in total. The van der Waals surface area contributed by atoms with Gasteiger partial charge in [-0.05, 0) is 18.4 Å². The van der Waals surface area contributed by atoms with E-state index >= 15 is 0 Å². The highest BCUT2D eigenvalue weighted by molar-refractivity contribution is 5.84. The average molecular weight is 291 g/mol. The summed E-state index contributed by atoms with van der Waals surface area (Å²) < 4.78 is 0. The smallest absolute Gasteiger partial charge is 0.229 e.